The lowest BCUT2D eigenvalue weighted by atomic mass is 9.94. The van der Waals surface area contributed by atoms with E-state index in [9.17, 15) is 4.79 Å². The molecule has 0 bridgehead atoms. The molecule has 1 saturated heterocycles. The van der Waals surface area contributed by atoms with E-state index in [0.717, 1.165) is 19.4 Å². The SMILES string of the molecule is Cn1nnc(CNC(=O)N2CCCC(c3cncn3C(C)(C)C)C2)n1. The first kappa shape index (κ1) is 17.4. The van der Waals surface area contributed by atoms with Crippen LogP contribution in [0.25, 0.3) is 0 Å². The zero-order valence-electron chi connectivity index (χ0n) is 15.3. The van der Waals surface area contributed by atoms with Crippen LogP contribution in [0.3, 0.4) is 0 Å². The molecular weight excluding hydrogens is 320 g/mol. The minimum atomic E-state index is -0.0843. The predicted octanol–water partition coefficient (Wildman–Crippen LogP) is 1.25. The van der Waals surface area contributed by atoms with Crippen molar-refractivity contribution in [3.05, 3.63) is 24.0 Å². The summed E-state index contributed by atoms with van der Waals surface area (Å²) in [5.74, 6) is 0.811. The molecule has 1 atom stereocenters. The van der Waals surface area contributed by atoms with E-state index in [-0.39, 0.29) is 18.1 Å². The Kier molecular flexibility index (Phi) is 4.73. The molecule has 9 nitrogen and oxygen atoms in total. The number of aryl methyl sites for hydroxylation is 1. The van der Waals surface area contributed by atoms with Gasteiger partial charge in [0.1, 0.15) is 0 Å². The first-order chi connectivity index (χ1) is 11.8. The number of likely N-dealkylation sites (tertiary alicyclic amines) is 1. The second-order valence-electron chi connectivity index (χ2n) is 7.50. The Balaban J connectivity index is 1.63. The number of rotatable bonds is 3. The van der Waals surface area contributed by atoms with Crippen LogP contribution in [0.1, 0.15) is 51.0 Å². The minimum absolute atomic E-state index is 0.0198. The summed E-state index contributed by atoms with van der Waals surface area (Å²) in [5.41, 5.74) is 1.18. The number of carbonyl (C=O) groups is 1. The Morgan fingerprint density at radius 1 is 1.40 bits per heavy atom. The lowest BCUT2D eigenvalue weighted by molar-refractivity contribution is 0.176. The lowest BCUT2D eigenvalue weighted by Crippen LogP contribution is -2.45. The van der Waals surface area contributed by atoms with Gasteiger partial charge in [0, 0.05) is 36.4 Å². The van der Waals surface area contributed by atoms with E-state index in [2.05, 4.69) is 51.0 Å². The maximum Gasteiger partial charge on any atom is 0.317 e. The Bertz CT molecular complexity index is 729. The molecule has 0 radical (unpaired) electrons. The lowest BCUT2D eigenvalue weighted by Gasteiger charge is -2.35. The number of piperidine rings is 1. The molecule has 0 spiro atoms. The van der Waals surface area contributed by atoms with Crippen LogP contribution in [0.15, 0.2) is 12.5 Å². The smallest absolute Gasteiger partial charge is 0.317 e. The van der Waals surface area contributed by atoms with Gasteiger partial charge < -0.3 is 14.8 Å². The molecule has 1 aliphatic rings. The van der Waals surface area contributed by atoms with Gasteiger partial charge in [-0.25, -0.2) is 9.78 Å². The number of nitrogens with one attached hydrogen (secondary N) is 1. The van der Waals surface area contributed by atoms with Gasteiger partial charge in [-0.2, -0.15) is 4.80 Å². The van der Waals surface area contributed by atoms with Gasteiger partial charge in [-0.3, -0.25) is 0 Å². The Hall–Kier alpha value is -2.45. The number of aromatic nitrogens is 6. The number of urea groups is 1. The Morgan fingerprint density at radius 3 is 2.88 bits per heavy atom. The molecule has 0 aromatic carbocycles. The molecule has 2 aromatic rings. The molecule has 3 heterocycles. The van der Waals surface area contributed by atoms with Crippen LogP contribution in [-0.2, 0) is 19.1 Å². The number of tetrazole rings is 1. The fraction of sp³-hybridized carbons (Fsp3) is 0.688. The summed E-state index contributed by atoms with van der Waals surface area (Å²) >= 11 is 0. The summed E-state index contributed by atoms with van der Waals surface area (Å²) in [5, 5.41) is 14.6. The van der Waals surface area contributed by atoms with Crippen molar-refractivity contribution in [2.45, 2.75) is 51.6 Å². The molecule has 1 fully saturated rings. The molecule has 2 amide bonds. The molecular formula is C16H26N8O. The molecule has 1 unspecified atom stereocenters. The molecule has 1 N–H and O–H groups in total. The predicted molar refractivity (Wildman–Crippen MR) is 91.8 cm³/mol. The molecule has 2 aromatic heterocycles. The van der Waals surface area contributed by atoms with E-state index in [4.69, 9.17) is 0 Å². The van der Waals surface area contributed by atoms with Gasteiger partial charge in [0.25, 0.3) is 0 Å². The molecule has 1 aliphatic heterocycles. The van der Waals surface area contributed by atoms with Crippen LogP contribution < -0.4 is 5.32 Å². The van der Waals surface area contributed by atoms with Crippen molar-refractivity contribution in [2.24, 2.45) is 7.05 Å². The number of amides is 2. The summed E-state index contributed by atoms with van der Waals surface area (Å²) in [6.45, 7) is 8.24. The zero-order valence-corrected chi connectivity index (χ0v) is 15.3. The average Bonchev–Trinajstić information content (AvgIpc) is 3.21. The van der Waals surface area contributed by atoms with Crippen molar-refractivity contribution in [2.75, 3.05) is 13.1 Å². The van der Waals surface area contributed by atoms with Crippen molar-refractivity contribution in [3.63, 3.8) is 0 Å². The average molecular weight is 346 g/mol. The highest BCUT2D eigenvalue weighted by Gasteiger charge is 2.29. The van der Waals surface area contributed by atoms with Gasteiger partial charge in [0.15, 0.2) is 5.82 Å². The largest absolute Gasteiger partial charge is 0.331 e. The molecule has 136 valence electrons. The summed E-state index contributed by atoms with van der Waals surface area (Å²) < 4.78 is 2.21. The third kappa shape index (κ3) is 3.97. The van der Waals surface area contributed by atoms with Crippen LogP contribution in [0.4, 0.5) is 4.79 Å². The zero-order chi connectivity index (χ0) is 18.0. The number of nitrogens with zero attached hydrogens (tertiary/aromatic N) is 7. The van der Waals surface area contributed by atoms with Crippen LogP contribution in [0.5, 0.6) is 0 Å². The number of imidazole rings is 1. The van der Waals surface area contributed by atoms with E-state index < -0.39 is 0 Å². The maximum atomic E-state index is 12.5. The van der Waals surface area contributed by atoms with Gasteiger partial charge >= 0.3 is 6.03 Å². The number of hydrogen-bond acceptors (Lipinski definition) is 5. The second-order valence-corrected chi connectivity index (χ2v) is 7.50. The third-order valence-electron chi connectivity index (χ3n) is 4.46. The van der Waals surface area contributed by atoms with E-state index in [1.165, 1.54) is 10.5 Å². The number of hydrogen-bond donors (Lipinski definition) is 1. The fourth-order valence-electron chi connectivity index (χ4n) is 3.23. The van der Waals surface area contributed by atoms with Crippen molar-refractivity contribution >= 4 is 6.03 Å². The molecule has 3 rings (SSSR count). The summed E-state index contributed by atoms with van der Waals surface area (Å²) in [6, 6.07) is -0.0843. The standard InChI is InChI=1S/C16H26N8O/c1-16(2,3)24-11-17-8-13(24)12-6-5-7-23(10-12)15(25)18-9-14-19-21-22(4)20-14/h8,11-12H,5-7,9-10H2,1-4H3,(H,18,25). The normalized spacial score (nSPS) is 18.4. The van der Waals surface area contributed by atoms with Crippen LogP contribution in [0, 0.1) is 0 Å². The number of carbonyl (C=O) groups excluding carboxylic acids is 1. The van der Waals surface area contributed by atoms with Crippen molar-refractivity contribution in [1.82, 2.24) is 40.0 Å². The first-order valence-electron chi connectivity index (χ1n) is 8.63. The minimum Gasteiger partial charge on any atom is -0.331 e. The van der Waals surface area contributed by atoms with Gasteiger partial charge in [-0.1, -0.05) is 0 Å². The van der Waals surface area contributed by atoms with Gasteiger partial charge in [-0.15, -0.1) is 10.2 Å². The fourth-order valence-corrected chi connectivity index (χ4v) is 3.23. The quantitative estimate of drug-likeness (QED) is 0.903. The summed E-state index contributed by atoms with van der Waals surface area (Å²) in [6.07, 6.45) is 5.86. The topological polar surface area (TPSA) is 93.8 Å². The van der Waals surface area contributed by atoms with E-state index in [0.29, 0.717) is 18.3 Å². The monoisotopic (exact) mass is 346 g/mol. The highest BCUT2D eigenvalue weighted by molar-refractivity contribution is 5.74. The second kappa shape index (κ2) is 6.81. The Morgan fingerprint density at radius 2 is 2.20 bits per heavy atom. The molecule has 0 saturated carbocycles. The third-order valence-corrected chi connectivity index (χ3v) is 4.46. The van der Waals surface area contributed by atoms with E-state index >= 15 is 0 Å². The van der Waals surface area contributed by atoms with Gasteiger partial charge in [0.2, 0.25) is 0 Å². The summed E-state index contributed by atoms with van der Waals surface area (Å²) in [4.78, 5) is 20.1. The molecule has 9 heteroatoms. The van der Waals surface area contributed by atoms with E-state index in [1.54, 1.807) is 7.05 Å². The van der Waals surface area contributed by atoms with Gasteiger partial charge in [0.05, 0.1) is 19.9 Å². The van der Waals surface area contributed by atoms with Crippen molar-refractivity contribution in [3.8, 4) is 0 Å². The maximum absolute atomic E-state index is 12.5. The summed E-state index contributed by atoms with van der Waals surface area (Å²) in [7, 11) is 1.70. The van der Waals surface area contributed by atoms with Crippen LogP contribution in [-0.4, -0.2) is 53.8 Å². The van der Waals surface area contributed by atoms with Crippen LogP contribution in [0.2, 0.25) is 0 Å². The van der Waals surface area contributed by atoms with Gasteiger partial charge in [-0.05, 0) is 38.8 Å². The highest BCUT2D eigenvalue weighted by atomic mass is 16.2. The Labute approximate surface area is 147 Å². The molecule has 0 aliphatic carbocycles. The van der Waals surface area contributed by atoms with Crippen molar-refractivity contribution in [1.29, 1.82) is 0 Å². The molecule has 25 heavy (non-hydrogen) atoms. The first-order valence-corrected chi connectivity index (χ1v) is 8.63. The van der Waals surface area contributed by atoms with Crippen molar-refractivity contribution < 1.29 is 4.79 Å². The highest BCUT2D eigenvalue weighted by Crippen LogP contribution is 2.29. The van der Waals surface area contributed by atoms with E-state index in [1.807, 2.05) is 17.4 Å². The van der Waals surface area contributed by atoms with Crippen LogP contribution >= 0.6 is 0 Å².